The summed E-state index contributed by atoms with van der Waals surface area (Å²) in [7, 11) is 0. The Morgan fingerprint density at radius 3 is 2.60 bits per heavy atom. The molecule has 2 rings (SSSR count). The highest BCUT2D eigenvalue weighted by Crippen LogP contribution is 2.28. The lowest BCUT2D eigenvalue weighted by Crippen LogP contribution is -2.04. The Morgan fingerprint density at radius 1 is 1.27 bits per heavy atom. The standard InChI is InChI=1S/C9H4F3N3/c10-9(11,12)7-5-15-4-6(3-13)1-2-8(15)14-7/h1-2,4-5H. The van der Waals surface area contributed by atoms with E-state index < -0.39 is 11.9 Å². The van der Waals surface area contributed by atoms with Crippen molar-refractivity contribution < 1.29 is 13.2 Å². The van der Waals surface area contributed by atoms with Gasteiger partial charge in [-0.2, -0.15) is 18.4 Å². The number of nitriles is 1. The lowest BCUT2D eigenvalue weighted by Gasteiger charge is -1.98. The Morgan fingerprint density at radius 2 is 2.00 bits per heavy atom. The number of fused-ring (bicyclic) bond motifs is 1. The highest BCUT2D eigenvalue weighted by atomic mass is 19.4. The molecular weight excluding hydrogens is 207 g/mol. The van der Waals surface area contributed by atoms with E-state index in [2.05, 4.69) is 4.98 Å². The molecule has 2 heterocycles. The van der Waals surface area contributed by atoms with Gasteiger partial charge in [-0.3, -0.25) is 0 Å². The van der Waals surface area contributed by atoms with Crippen LogP contribution in [0.4, 0.5) is 13.2 Å². The molecule has 0 aromatic carbocycles. The van der Waals surface area contributed by atoms with Crippen molar-refractivity contribution in [2.24, 2.45) is 0 Å². The number of alkyl halides is 3. The Balaban J connectivity index is 2.62. The van der Waals surface area contributed by atoms with Crippen LogP contribution in [0, 0.1) is 11.3 Å². The van der Waals surface area contributed by atoms with E-state index in [0.29, 0.717) is 0 Å². The van der Waals surface area contributed by atoms with Crippen LogP contribution in [0.5, 0.6) is 0 Å². The van der Waals surface area contributed by atoms with Crippen LogP contribution in [0.2, 0.25) is 0 Å². The minimum absolute atomic E-state index is 0.168. The second kappa shape index (κ2) is 2.98. The van der Waals surface area contributed by atoms with Crippen molar-refractivity contribution >= 4 is 5.65 Å². The normalized spacial score (nSPS) is 11.6. The molecular formula is C9H4F3N3. The van der Waals surface area contributed by atoms with E-state index in [4.69, 9.17) is 5.26 Å². The lowest BCUT2D eigenvalue weighted by atomic mass is 10.3. The van der Waals surface area contributed by atoms with Gasteiger partial charge in [0.15, 0.2) is 5.69 Å². The summed E-state index contributed by atoms with van der Waals surface area (Å²) in [5, 5.41) is 8.56. The van der Waals surface area contributed by atoms with Crippen LogP contribution in [0.3, 0.4) is 0 Å². The zero-order chi connectivity index (χ0) is 11.1. The Bertz CT molecular complexity index is 548. The number of aromatic nitrogens is 2. The second-order valence-corrected chi connectivity index (χ2v) is 2.92. The zero-order valence-electron chi connectivity index (χ0n) is 7.28. The first kappa shape index (κ1) is 9.52. The summed E-state index contributed by atoms with van der Waals surface area (Å²) in [6.07, 6.45) is -2.30. The SMILES string of the molecule is N#Cc1ccc2nc(C(F)(F)F)cn2c1. The zero-order valence-corrected chi connectivity index (χ0v) is 7.28. The molecule has 6 heteroatoms. The molecule has 2 aromatic heterocycles. The molecule has 0 aliphatic heterocycles. The van der Waals surface area contributed by atoms with E-state index in [1.165, 1.54) is 22.7 Å². The van der Waals surface area contributed by atoms with E-state index in [9.17, 15) is 13.2 Å². The van der Waals surface area contributed by atoms with Gasteiger partial charge in [-0.1, -0.05) is 0 Å². The molecule has 0 saturated heterocycles. The fraction of sp³-hybridized carbons (Fsp3) is 0.111. The van der Waals surface area contributed by atoms with E-state index in [1.807, 2.05) is 6.07 Å². The summed E-state index contributed by atoms with van der Waals surface area (Å²) in [6, 6.07) is 4.63. The molecule has 0 unspecified atom stereocenters. The predicted octanol–water partition coefficient (Wildman–Crippen LogP) is 2.22. The van der Waals surface area contributed by atoms with Gasteiger partial charge in [-0.25, -0.2) is 4.98 Å². The van der Waals surface area contributed by atoms with Crippen molar-refractivity contribution in [2.75, 3.05) is 0 Å². The Kier molecular flexibility index (Phi) is 1.89. The number of hydrogen-bond acceptors (Lipinski definition) is 2. The van der Waals surface area contributed by atoms with Crippen LogP contribution >= 0.6 is 0 Å². The molecule has 2 aromatic rings. The van der Waals surface area contributed by atoms with Crippen molar-refractivity contribution in [3.8, 4) is 6.07 Å². The van der Waals surface area contributed by atoms with E-state index in [-0.39, 0.29) is 11.2 Å². The first-order valence-corrected chi connectivity index (χ1v) is 3.97. The van der Waals surface area contributed by atoms with Crippen molar-refractivity contribution in [3.05, 3.63) is 35.8 Å². The predicted molar refractivity (Wildman–Crippen MR) is 44.9 cm³/mol. The summed E-state index contributed by atoms with van der Waals surface area (Å²) in [6.45, 7) is 0. The molecule has 0 saturated carbocycles. The van der Waals surface area contributed by atoms with Crippen molar-refractivity contribution in [3.63, 3.8) is 0 Å². The van der Waals surface area contributed by atoms with E-state index in [1.54, 1.807) is 0 Å². The molecule has 3 nitrogen and oxygen atoms in total. The minimum atomic E-state index is -4.46. The second-order valence-electron chi connectivity index (χ2n) is 2.92. The van der Waals surface area contributed by atoms with E-state index in [0.717, 1.165) is 6.20 Å². The van der Waals surface area contributed by atoms with Crippen LogP contribution in [0.1, 0.15) is 11.3 Å². The summed E-state index contributed by atoms with van der Waals surface area (Å²) < 4.78 is 38.0. The maximum atomic E-state index is 12.3. The molecule has 0 bridgehead atoms. The lowest BCUT2D eigenvalue weighted by molar-refractivity contribution is -0.140. The third-order valence-corrected chi connectivity index (χ3v) is 1.87. The quantitative estimate of drug-likeness (QED) is 0.670. The van der Waals surface area contributed by atoms with Crippen LogP contribution < -0.4 is 0 Å². The van der Waals surface area contributed by atoms with E-state index >= 15 is 0 Å². The third kappa shape index (κ3) is 1.64. The summed E-state index contributed by atoms with van der Waals surface area (Å²) in [5.74, 6) is 0. The highest BCUT2D eigenvalue weighted by Gasteiger charge is 2.33. The van der Waals surface area contributed by atoms with Gasteiger partial charge in [-0.15, -0.1) is 0 Å². The molecule has 0 aliphatic carbocycles. The van der Waals surface area contributed by atoms with Crippen molar-refractivity contribution in [1.82, 2.24) is 9.38 Å². The average molecular weight is 211 g/mol. The number of halogens is 3. The maximum Gasteiger partial charge on any atom is 0.434 e. The van der Waals surface area contributed by atoms with Crippen molar-refractivity contribution in [2.45, 2.75) is 6.18 Å². The van der Waals surface area contributed by atoms with Crippen molar-refractivity contribution in [1.29, 1.82) is 5.26 Å². The summed E-state index contributed by atoms with van der Waals surface area (Å²) in [4.78, 5) is 3.39. The molecule has 15 heavy (non-hydrogen) atoms. The van der Waals surface area contributed by atoms with Gasteiger partial charge in [-0.05, 0) is 12.1 Å². The molecule has 0 atom stereocenters. The van der Waals surface area contributed by atoms with Crippen LogP contribution in [-0.4, -0.2) is 9.38 Å². The van der Waals surface area contributed by atoms with Gasteiger partial charge in [0.1, 0.15) is 11.7 Å². The summed E-state index contributed by atoms with van der Waals surface area (Å²) in [5.41, 5.74) is -0.507. The molecule has 0 fully saturated rings. The van der Waals surface area contributed by atoms with Crippen LogP contribution in [0.25, 0.3) is 5.65 Å². The molecule has 76 valence electrons. The molecule has 0 N–H and O–H groups in total. The number of hydrogen-bond donors (Lipinski definition) is 0. The van der Waals surface area contributed by atoms with Gasteiger partial charge in [0.05, 0.1) is 5.56 Å². The minimum Gasteiger partial charge on any atom is -0.305 e. The first-order valence-electron chi connectivity index (χ1n) is 3.97. The number of pyridine rings is 1. The first-order chi connectivity index (χ1) is 7.00. The Labute approximate surface area is 82.4 Å². The van der Waals surface area contributed by atoms with Gasteiger partial charge in [0, 0.05) is 12.4 Å². The number of nitrogens with zero attached hydrogens (tertiary/aromatic N) is 3. The smallest absolute Gasteiger partial charge is 0.305 e. The molecule has 0 radical (unpaired) electrons. The van der Waals surface area contributed by atoms with Gasteiger partial charge < -0.3 is 4.40 Å². The molecule has 0 aliphatic rings. The fourth-order valence-corrected chi connectivity index (χ4v) is 1.19. The monoisotopic (exact) mass is 211 g/mol. The number of rotatable bonds is 0. The van der Waals surface area contributed by atoms with Crippen LogP contribution in [0.15, 0.2) is 24.5 Å². The van der Waals surface area contributed by atoms with Gasteiger partial charge >= 0.3 is 6.18 Å². The number of imidazole rings is 1. The topological polar surface area (TPSA) is 41.1 Å². The largest absolute Gasteiger partial charge is 0.434 e. The highest BCUT2D eigenvalue weighted by molar-refractivity contribution is 5.44. The average Bonchev–Trinajstić information content (AvgIpc) is 2.59. The summed E-state index contributed by atoms with van der Waals surface area (Å²) >= 11 is 0. The molecule has 0 spiro atoms. The van der Waals surface area contributed by atoms with Gasteiger partial charge in [0.2, 0.25) is 0 Å². The molecule has 0 amide bonds. The Hall–Kier alpha value is -2.03. The van der Waals surface area contributed by atoms with Gasteiger partial charge in [0.25, 0.3) is 0 Å². The third-order valence-electron chi connectivity index (χ3n) is 1.87. The maximum absolute atomic E-state index is 12.3. The van der Waals surface area contributed by atoms with Crippen LogP contribution in [-0.2, 0) is 6.18 Å². The fourth-order valence-electron chi connectivity index (χ4n) is 1.19.